The monoisotopic (exact) mass is 394 g/mol. The van der Waals surface area contributed by atoms with E-state index in [1.165, 1.54) is 10.9 Å². The molecule has 0 aliphatic carbocycles. The van der Waals surface area contributed by atoms with E-state index in [0.29, 0.717) is 34.3 Å². The zero-order chi connectivity index (χ0) is 20.7. The zero-order valence-corrected chi connectivity index (χ0v) is 16.4. The van der Waals surface area contributed by atoms with Crippen molar-refractivity contribution in [2.24, 2.45) is 5.10 Å². The van der Waals surface area contributed by atoms with Crippen molar-refractivity contribution in [1.29, 1.82) is 0 Å². The quantitative estimate of drug-likeness (QED) is 0.344. The lowest BCUT2D eigenvalue weighted by molar-refractivity contribution is 0.763. The molecule has 0 radical (unpaired) electrons. The van der Waals surface area contributed by atoms with E-state index in [9.17, 15) is 4.79 Å². The van der Waals surface area contributed by atoms with Crippen LogP contribution in [0.1, 0.15) is 11.1 Å². The van der Waals surface area contributed by atoms with Gasteiger partial charge in [0.2, 0.25) is 0 Å². The lowest BCUT2D eigenvalue weighted by Gasteiger charge is -2.02. The summed E-state index contributed by atoms with van der Waals surface area (Å²) in [5, 5.41) is 5.03. The molecule has 146 valence electrons. The molecule has 0 saturated carbocycles. The van der Waals surface area contributed by atoms with Gasteiger partial charge in [-0.2, -0.15) is 9.78 Å². The summed E-state index contributed by atoms with van der Waals surface area (Å²) in [4.78, 5) is 27.1. The normalized spacial score (nSPS) is 11.8. The van der Waals surface area contributed by atoms with Crippen LogP contribution in [-0.4, -0.2) is 30.4 Å². The van der Waals surface area contributed by atoms with Crippen molar-refractivity contribution in [3.63, 3.8) is 0 Å². The molecule has 0 saturated heterocycles. The lowest BCUT2D eigenvalue weighted by atomic mass is 10.1. The van der Waals surface area contributed by atoms with Gasteiger partial charge in [0, 0.05) is 6.54 Å². The van der Waals surface area contributed by atoms with Crippen molar-refractivity contribution in [2.75, 3.05) is 0 Å². The maximum absolute atomic E-state index is 13.2. The Morgan fingerprint density at radius 1 is 1.03 bits per heavy atom. The van der Waals surface area contributed by atoms with Crippen LogP contribution in [0.4, 0.5) is 0 Å². The predicted octanol–water partition coefficient (Wildman–Crippen LogP) is 3.67. The van der Waals surface area contributed by atoms with Crippen LogP contribution in [0.5, 0.6) is 0 Å². The molecule has 0 N–H and O–H groups in total. The van der Waals surface area contributed by atoms with Crippen molar-refractivity contribution >= 4 is 39.4 Å². The van der Waals surface area contributed by atoms with E-state index in [1.54, 1.807) is 17.0 Å². The molecule has 5 rings (SSSR count). The molecule has 7 nitrogen and oxygen atoms in total. The Hall–Kier alpha value is -4.13. The van der Waals surface area contributed by atoms with Crippen LogP contribution in [0.3, 0.4) is 0 Å². The summed E-state index contributed by atoms with van der Waals surface area (Å²) < 4.78 is 3.09. The summed E-state index contributed by atoms with van der Waals surface area (Å²) >= 11 is 0. The van der Waals surface area contributed by atoms with Crippen LogP contribution >= 0.6 is 0 Å². The van der Waals surface area contributed by atoms with Gasteiger partial charge >= 0.3 is 0 Å². The summed E-state index contributed by atoms with van der Waals surface area (Å²) in [6.07, 6.45) is 4.91. The summed E-state index contributed by atoms with van der Waals surface area (Å²) in [7, 11) is 0. The minimum atomic E-state index is -0.195. The third-order valence-corrected chi connectivity index (χ3v) is 5.03. The van der Waals surface area contributed by atoms with Crippen molar-refractivity contribution in [2.45, 2.75) is 13.5 Å². The topological polar surface area (TPSA) is 78.0 Å². The molecule has 0 atom stereocenters. The highest BCUT2D eigenvalue weighted by Gasteiger charge is 2.19. The molecule has 0 spiro atoms. The van der Waals surface area contributed by atoms with Gasteiger partial charge < -0.3 is 0 Å². The molecule has 3 aromatic heterocycles. The first kappa shape index (κ1) is 17.9. The number of rotatable bonds is 4. The largest absolute Gasteiger partial charge is 0.295 e. The van der Waals surface area contributed by atoms with E-state index in [4.69, 9.17) is 9.97 Å². The van der Waals surface area contributed by atoms with Crippen molar-refractivity contribution in [1.82, 2.24) is 24.2 Å². The van der Waals surface area contributed by atoms with Crippen LogP contribution in [-0.2, 0) is 6.54 Å². The van der Waals surface area contributed by atoms with Gasteiger partial charge in [0.05, 0.1) is 17.2 Å². The van der Waals surface area contributed by atoms with E-state index >= 15 is 0 Å². The fourth-order valence-corrected chi connectivity index (χ4v) is 3.48. The Kier molecular flexibility index (Phi) is 4.21. The van der Waals surface area contributed by atoms with E-state index < -0.39 is 0 Å². The fourth-order valence-electron chi connectivity index (χ4n) is 3.48. The second-order valence-electron chi connectivity index (χ2n) is 6.99. The maximum Gasteiger partial charge on any atom is 0.265 e. The number of hydrogen-bond donors (Lipinski definition) is 0. The molecular formula is C23H18N6O. The molecule has 0 aliphatic rings. The third-order valence-electron chi connectivity index (χ3n) is 5.03. The van der Waals surface area contributed by atoms with Crippen LogP contribution < -0.4 is 5.56 Å². The number of benzene rings is 2. The second-order valence-corrected chi connectivity index (χ2v) is 6.99. The number of hydrogen-bond acceptors (Lipinski definition) is 5. The Balaban J connectivity index is 1.86. The smallest absolute Gasteiger partial charge is 0.265 e. The van der Waals surface area contributed by atoms with Gasteiger partial charge in [0.25, 0.3) is 5.56 Å². The van der Waals surface area contributed by atoms with Gasteiger partial charge in [0.15, 0.2) is 11.3 Å². The standard InChI is InChI=1S/C23H18N6O/c1-3-12-28-14-24-21-19(23(28)30)20-22(27-18-11-7-6-10-17(18)26-20)29(21)25-13-16-9-5-4-8-15(16)2/h3-11,13-14H,1,12H2,2H3/b25-13+. The fraction of sp³-hybridized carbons (Fsp3) is 0.0870. The van der Waals surface area contributed by atoms with Crippen LogP contribution in [0.2, 0.25) is 0 Å². The Labute approximate surface area is 171 Å². The average molecular weight is 394 g/mol. The Morgan fingerprint density at radius 3 is 2.53 bits per heavy atom. The van der Waals surface area contributed by atoms with Crippen molar-refractivity contribution in [3.8, 4) is 0 Å². The highest BCUT2D eigenvalue weighted by atomic mass is 16.1. The first-order valence-corrected chi connectivity index (χ1v) is 9.54. The van der Waals surface area contributed by atoms with Crippen LogP contribution in [0.15, 0.2) is 77.4 Å². The van der Waals surface area contributed by atoms with Crippen LogP contribution in [0.25, 0.3) is 33.2 Å². The number of para-hydroxylation sites is 2. The molecule has 0 fully saturated rings. The van der Waals surface area contributed by atoms with Gasteiger partial charge in [-0.3, -0.25) is 9.36 Å². The van der Waals surface area contributed by atoms with E-state index in [0.717, 1.165) is 16.6 Å². The Morgan fingerprint density at radius 2 is 1.77 bits per heavy atom. The molecule has 0 unspecified atom stereocenters. The SMILES string of the molecule is C=CCn1cnc2c(c1=O)c1nc3ccccc3nc1n2/N=C/c1ccccc1C. The molecule has 0 aliphatic heterocycles. The first-order valence-electron chi connectivity index (χ1n) is 9.54. The number of allylic oxidation sites excluding steroid dienone is 1. The number of aromatic nitrogens is 5. The van der Waals surface area contributed by atoms with Crippen molar-refractivity contribution < 1.29 is 0 Å². The van der Waals surface area contributed by atoms with Gasteiger partial charge in [0.1, 0.15) is 17.2 Å². The molecule has 0 amide bonds. The zero-order valence-electron chi connectivity index (χ0n) is 16.4. The number of aryl methyl sites for hydroxylation is 1. The predicted molar refractivity (Wildman–Crippen MR) is 119 cm³/mol. The molecule has 3 heterocycles. The Bertz CT molecular complexity index is 1530. The minimum absolute atomic E-state index is 0.195. The van der Waals surface area contributed by atoms with E-state index in [1.807, 2.05) is 55.5 Å². The molecule has 2 aromatic carbocycles. The highest BCUT2D eigenvalue weighted by molar-refractivity contribution is 6.04. The second kappa shape index (κ2) is 7.04. The molecule has 30 heavy (non-hydrogen) atoms. The number of nitrogens with zero attached hydrogens (tertiary/aromatic N) is 6. The molecule has 7 heteroatoms. The van der Waals surface area contributed by atoms with E-state index in [-0.39, 0.29) is 5.56 Å². The average Bonchev–Trinajstić information content (AvgIpc) is 3.07. The van der Waals surface area contributed by atoms with Gasteiger partial charge in [-0.25, -0.2) is 15.0 Å². The lowest BCUT2D eigenvalue weighted by Crippen LogP contribution is -2.19. The van der Waals surface area contributed by atoms with Crippen LogP contribution in [0, 0.1) is 6.92 Å². The summed E-state index contributed by atoms with van der Waals surface area (Å²) in [5.74, 6) is 0. The third kappa shape index (κ3) is 2.79. The minimum Gasteiger partial charge on any atom is -0.295 e. The molecular weight excluding hydrogens is 376 g/mol. The van der Waals surface area contributed by atoms with Gasteiger partial charge in [-0.05, 0) is 30.2 Å². The summed E-state index contributed by atoms with van der Waals surface area (Å²) in [6.45, 7) is 6.10. The summed E-state index contributed by atoms with van der Waals surface area (Å²) in [5.41, 5.74) is 4.73. The maximum atomic E-state index is 13.2. The molecule has 0 bridgehead atoms. The molecule has 5 aromatic rings. The first-order chi connectivity index (χ1) is 14.7. The summed E-state index contributed by atoms with van der Waals surface area (Å²) in [6, 6.07) is 15.5. The number of fused-ring (bicyclic) bond motifs is 4. The van der Waals surface area contributed by atoms with Crippen molar-refractivity contribution in [3.05, 3.63) is 89.0 Å². The van der Waals surface area contributed by atoms with Gasteiger partial charge in [-0.15, -0.1) is 6.58 Å². The highest BCUT2D eigenvalue weighted by Crippen LogP contribution is 2.24. The van der Waals surface area contributed by atoms with Gasteiger partial charge in [-0.1, -0.05) is 42.5 Å². The van der Waals surface area contributed by atoms with E-state index in [2.05, 4.69) is 16.7 Å².